The summed E-state index contributed by atoms with van der Waals surface area (Å²) in [6.45, 7) is -0.0653. The molecule has 1 fully saturated rings. The van der Waals surface area contributed by atoms with Gasteiger partial charge in [-0.05, 0) is 48.4 Å². The minimum Gasteiger partial charge on any atom is -0.495 e. The topological polar surface area (TPSA) is 75.6 Å². The smallest absolute Gasteiger partial charge is 0.240 e. The van der Waals surface area contributed by atoms with Gasteiger partial charge < -0.3 is 9.84 Å². The minimum atomic E-state index is -3.78. The van der Waals surface area contributed by atoms with Gasteiger partial charge in [0, 0.05) is 11.4 Å². The third-order valence-electron chi connectivity index (χ3n) is 4.17. The third kappa shape index (κ3) is 3.45. The van der Waals surface area contributed by atoms with Crippen LogP contribution in [0, 0.1) is 5.92 Å². The molecule has 2 aromatic rings. The fourth-order valence-corrected chi connectivity index (χ4v) is 4.94. The third-order valence-corrected chi connectivity index (χ3v) is 6.90. The number of aliphatic hydroxyl groups is 1. The van der Waals surface area contributed by atoms with Gasteiger partial charge in [-0.2, -0.15) is 0 Å². The molecule has 0 bridgehead atoms. The van der Waals surface area contributed by atoms with Crippen molar-refractivity contribution in [2.75, 3.05) is 13.7 Å². The van der Waals surface area contributed by atoms with Crippen molar-refractivity contribution in [3.8, 4) is 5.75 Å². The van der Waals surface area contributed by atoms with Crippen LogP contribution in [0.15, 0.2) is 40.6 Å². The minimum absolute atomic E-state index is 0.0395. The predicted molar refractivity (Wildman–Crippen MR) is 94.1 cm³/mol. The van der Waals surface area contributed by atoms with Gasteiger partial charge in [0.15, 0.2) is 0 Å². The van der Waals surface area contributed by atoms with Gasteiger partial charge in [-0.3, -0.25) is 0 Å². The molecule has 1 saturated carbocycles. The van der Waals surface area contributed by atoms with E-state index in [1.807, 2.05) is 17.5 Å². The van der Waals surface area contributed by atoms with E-state index in [1.54, 1.807) is 0 Å². The average molecular weight is 388 g/mol. The van der Waals surface area contributed by atoms with E-state index < -0.39 is 15.6 Å². The van der Waals surface area contributed by atoms with Crippen LogP contribution in [-0.4, -0.2) is 27.2 Å². The maximum absolute atomic E-state index is 12.5. The van der Waals surface area contributed by atoms with Crippen LogP contribution in [0.5, 0.6) is 5.75 Å². The number of thiophene rings is 1. The van der Waals surface area contributed by atoms with Crippen molar-refractivity contribution in [3.05, 3.63) is 45.6 Å². The maximum atomic E-state index is 12.5. The lowest BCUT2D eigenvalue weighted by atomic mass is 9.96. The molecule has 1 aromatic carbocycles. The highest BCUT2D eigenvalue weighted by Crippen LogP contribution is 2.46. The molecule has 24 heavy (non-hydrogen) atoms. The Labute approximate surface area is 150 Å². The molecular weight excluding hydrogens is 370 g/mol. The molecule has 0 aliphatic heterocycles. The molecule has 0 saturated heterocycles. The number of benzene rings is 1. The molecule has 1 aliphatic rings. The molecule has 1 unspecified atom stereocenters. The normalized spacial score (nSPS) is 17.5. The van der Waals surface area contributed by atoms with Crippen LogP contribution in [0.2, 0.25) is 5.02 Å². The Kier molecular flexibility index (Phi) is 4.90. The first kappa shape index (κ1) is 17.7. The van der Waals surface area contributed by atoms with Gasteiger partial charge in [-0.25, -0.2) is 13.1 Å². The molecule has 3 rings (SSSR count). The predicted octanol–water partition coefficient (Wildman–Crippen LogP) is 2.99. The molecule has 0 amide bonds. The number of nitrogens with one attached hydrogen (secondary N) is 1. The molecule has 5 nitrogen and oxygen atoms in total. The van der Waals surface area contributed by atoms with Crippen LogP contribution in [0.1, 0.15) is 17.7 Å². The molecule has 8 heteroatoms. The van der Waals surface area contributed by atoms with E-state index in [1.165, 1.54) is 36.6 Å². The van der Waals surface area contributed by atoms with Crippen molar-refractivity contribution in [2.24, 2.45) is 5.92 Å². The van der Waals surface area contributed by atoms with Crippen LogP contribution >= 0.6 is 22.9 Å². The summed E-state index contributed by atoms with van der Waals surface area (Å²) >= 11 is 7.43. The Morgan fingerprint density at radius 3 is 2.71 bits per heavy atom. The van der Waals surface area contributed by atoms with Crippen LogP contribution < -0.4 is 9.46 Å². The second kappa shape index (κ2) is 6.65. The van der Waals surface area contributed by atoms with Crippen LogP contribution in [-0.2, 0) is 15.6 Å². The molecule has 0 spiro atoms. The van der Waals surface area contributed by atoms with E-state index in [-0.39, 0.29) is 22.4 Å². The van der Waals surface area contributed by atoms with Crippen molar-refractivity contribution in [3.63, 3.8) is 0 Å². The highest BCUT2D eigenvalue weighted by atomic mass is 35.5. The monoisotopic (exact) mass is 387 g/mol. The molecule has 0 radical (unpaired) electrons. The Morgan fingerprint density at radius 1 is 1.42 bits per heavy atom. The standard InChI is InChI=1S/C16H18ClNO4S2/c1-22-14-7-6-12(9-13(14)17)24(20,21)18-10-16(19,11-4-5-11)15-3-2-8-23-15/h2-3,6-9,11,18-19H,4-5,10H2,1H3. The first-order valence-electron chi connectivity index (χ1n) is 7.46. The van der Waals surface area contributed by atoms with Gasteiger partial charge in [0.2, 0.25) is 10.0 Å². The lowest BCUT2D eigenvalue weighted by Crippen LogP contribution is -2.41. The largest absolute Gasteiger partial charge is 0.495 e. The SMILES string of the molecule is COc1ccc(S(=O)(=O)NCC(O)(c2cccs2)C2CC2)cc1Cl. The summed E-state index contributed by atoms with van der Waals surface area (Å²) < 4.78 is 32.6. The zero-order valence-electron chi connectivity index (χ0n) is 13.0. The number of rotatable bonds is 7. The van der Waals surface area contributed by atoms with Crippen molar-refractivity contribution in [1.82, 2.24) is 4.72 Å². The molecule has 2 N–H and O–H groups in total. The van der Waals surface area contributed by atoms with Crippen molar-refractivity contribution >= 4 is 33.0 Å². The summed E-state index contributed by atoms with van der Waals surface area (Å²) in [6, 6.07) is 7.95. The summed E-state index contributed by atoms with van der Waals surface area (Å²) in [5.41, 5.74) is -1.17. The number of hydrogen-bond acceptors (Lipinski definition) is 5. The fourth-order valence-electron chi connectivity index (χ4n) is 2.62. The van der Waals surface area contributed by atoms with E-state index >= 15 is 0 Å². The Hall–Kier alpha value is -1.12. The Morgan fingerprint density at radius 2 is 2.17 bits per heavy atom. The van der Waals surface area contributed by atoms with E-state index in [0.717, 1.165) is 17.7 Å². The van der Waals surface area contributed by atoms with Gasteiger partial charge in [0.25, 0.3) is 0 Å². The summed E-state index contributed by atoms with van der Waals surface area (Å²) in [5, 5.41) is 13.1. The quantitative estimate of drug-likeness (QED) is 0.765. The molecule has 130 valence electrons. The van der Waals surface area contributed by atoms with E-state index in [9.17, 15) is 13.5 Å². The second-order valence-electron chi connectivity index (χ2n) is 5.80. The molecule has 1 aliphatic carbocycles. The number of sulfonamides is 1. The summed E-state index contributed by atoms with van der Waals surface area (Å²) in [6.07, 6.45) is 1.79. The molecule has 1 heterocycles. The maximum Gasteiger partial charge on any atom is 0.240 e. The van der Waals surface area contributed by atoms with Crippen LogP contribution in [0.25, 0.3) is 0 Å². The van der Waals surface area contributed by atoms with Gasteiger partial charge in [-0.1, -0.05) is 17.7 Å². The number of hydrogen-bond donors (Lipinski definition) is 2. The van der Waals surface area contributed by atoms with Crippen molar-refractivity contribution in [2.45, 2.75) is 23.3 Å². The van der Waals surface area contributed by atoms with E-state index in [2.05, 4.69) is 4.72 Å². The van der Waals surface area contributed by atoms with Gasteiger partial charge in [0.1, 0.15) is 11.4 Å². The van der Waals surface area contributed by atoms with E-state index in [4.69, 9.17) is 16.3 Å². The van der Waals surface area contributed by atoms with Crippen LogP contribution in [0.3, 0.4) is 0 Å². The van der Waals surface area contributed by atoms with Gasteiger partial charge in [0.05, 0.1) is 17.0 Å². The van der Waals surface area contributed by atoms with Crippen molar-refractivity contribution < 1.29 is 18.3 Å². The molecular formula is C16H18ClNO4S2. The zero-order chi connectivity index (χ0) is 17.4. The highest BCUT2D eigenvalue weighted by molar-refractivity contribution is 7.89. The lowest BCUT2D eigenvalue weighted by Gasteiger charge is -2.27. The molecule has 1 aromatic heterocycles. The second-order valence-corrected chi connectivity index (χ2v) is 8.92. The number of methoxy groups -OCH3 is 1. The van der Waals surface area contributed by atoms with Crippen LogP contribution in [0.4, 0.5) is 0 Å². The fraction of sp³-hybridized carbons (Fsp3) is 0.375. The number of ether oxygens (including phenoxy) is 1. The lowest BCUT2D eigenvalue weighted by molar-refractivity contribution is 0.0222. The summed E-state index contributed by atoms with van der Waals surface area (Å²) in [7, 11) is -2.32. The van der Waals surface area contributed by atoms with E-state index in [0.29, 0.717) is 5.75 Å². The van der Waals surface area contributed by atoms with Gasteiger partial charge in [-0.15, -0.1) is 11.3 Å². The highest BCUT2D eigenvalue weighted by Gasteiger charge is 2.46. The number of halogens is 1. The Bertz CT molecular complexity index is 819. The summed E-state index contributed by atoms with van der Waals surface area (Å²) in [5.74, 6) is 0.488. The first-order valence-corrected chi connectivity index (χ1v) is 10.2. The van der Waals surface area contributed by atoms with Crippen molar-refractivity contribution in [1.29, 1.82) is 0 Å². The first-order chi connectivity index (χ1) is 11.4. The average Bonchev–Trinajstić information content (AvgIpc) is 3.27. The zero-order valence-corrected chi connectivity index (χ0v) is 15.4. The summed E-state index contributed by atoms with van der Waals surface area (Å²) in [4.78, 5) is 0.818. The Balaban J connectivity index is 1.80. The van der Waals surface area contributed by atoms with Gasteiger partial charge >= 0.3 is 0 Å². The molecule has 1 atom stereocenters.